The van der Waals surface area contributed by atoms with Crippen molar-refractivity contribution in [1.29, 1.82) is 0 Å². The van der Waals surface area contributed by atoms with Crippen molar-refractivity contribution in [3.63, 3.8) is 0 Å². The maximum Gasteiger partial charge on any atom is 0.265 e. The van der Waals surface area contributed by atoms with Crippen LogP contribution in [0.5, 0.6) is 5.75 Å². The van der Waals surface area contributed by atoms with Crippen LogP contribution in [0.3, 0.4) is 0 Å². The van der Waals surface area contributed by atoms with E-state index in [1.807, 2.05) is 24.3 Å². The average Bonchev–Trinajstić information content (AvgIpc) is 2.63. The molecule has 2 N–H and O–H groups in total. The molecule has 0 aromatic heterocycles. The molecule has 2 atom stereocenters. The molecule has 1 aromatic carbocycles. The fourth-order valence-electron chi connectivity index (χ4n) is 4.39. The number of hydrogen-bond acceptors (Lipinski definition) is 3. The Balaban J connectivity index is 1.37. The number of amides is 2. The second kappa shape index (κ2) is 9.22. The van der Waals surface area contributed by atoms with Crippen molar-refractivity contribution in [1.82, 2.24) is 5.32 Å². The molecule has 1 saturated heterocycles. The lowest BCUT2D eigenvalue weighted by Crippen LogP contribution is -3.14. The molecule has 2 amide bonds. The van der Waals surface area contributed by atoms with E-state index in [0.29, 0.717) is 25.3 Å². The Morgan fingerprint density at radius 2 is 2.00 bits per heavy atom. The van der Waals surface area contributed by atoms with Gasteiger partial charge in [0.05, 0.1) is 25.3 Å². The Bertz CT molecular complexity index is 654. The first kappa shape index (κ1) is 19.7. The third-order valence-electron chi connectivity index (χ3n) is 5.48. The number of carbonyl (C=O) groups is 2. The molecular weight excluding hydrogens is 342 g/mol. The Hall–Kier alpha value is -2.08. The van der Waals surface area contributed by atoms with Crippen molar-refractivity contribution in [2.24, 2.45) is 11.8 Å². The van der Waals surface area contributed by atoms with Crippen LogP contribution in [0.4, 0.5) is 5.69 Å². The second-order valence-electron chi connectivity index (χ2n) is 8.11. The SMILES string of the molecule is CC1CC(C)C[NH+](CCCNC(=O)CCN2C(=O)COc3ccccc32)C1. The lowest BCUT2D eigenvalue weighted by Gasteiger charge is -2.32. The molecule has 6 nitrogen and oxygen atoms in total. The van der Waals surface area contributed by atoms with Gasteiger partial charge < -0.3 is 19.9 Å². The van der Waals surface area contributed by atoms with Crippen LogP contribution < -0.4 is 19.9 Å². The van der Waals surface area contributed by atoms with Gasteiger partial charge in [-0.15, -0.1) is 0 Å². The van der Waals surface area contributed by atoms with Gasteiger partial charge in [-0.25, -0.2) is 0 Å². The molecule has 1 fully saturated rings. The van der Waals surface area contributed by atoms with Crippen molar-refractivity contribution in [2.45, 2.75) is 33.1 Å². The number of likely N-dealkylation sites (tertiary alicyclic amines) is 1. The van der Waals surface area contributed by atoms with Gasteiger partial charge in [-0.05, 0) is 18.6 Å². The van der Waals surface area contributed by atoms with Gasteiger partial charge in [0.15, 0.2) is 6.61 Å². The van der Waals surface area contributed by atoms with E-state index in [1.165, 1.54) is 19.5 Å². The highest BCUT2D eigenvalue weighted by molar-refractivity contribution is 5.98. The monoisotopic (exact) mass is 374 g/mol. The maximum atomic E-state index is 12.2. The molecule has 0 saturated carbocycles. The molecule has 0 spiro atoms. The average molecular weight is 375 g/mol. The number of hydrogen-bond donors (Lipinski definition) is 2. The summed E-state index contributed by atoms with van der Waals surface area (Å²) >= 11 is 0. The second-order valence-corrected chi connectivity index (χ2v) is 8.11. The highest BCUT2D eigenvalue weighted by Crippen LogP contribution is 2.31. The number of anilines is 1. The van der Waals surface area contributed by atoms with E-state index >= 15 is 0 Å². The molecular formula is C21H32N3O3+. The first-order chi connectivity index (χ1) is 13.0. The number of para-hydroxylation sites is 2. The lowest BCUT2D eigenvalue weighted by molar-refractivity contribution is -0.912. The van der Waals surface area contributed by atoms with Gasteiger partial charge in [-0.3, -0.25) is 9.59 Å². The third-order valence-corrected chi connectivity index (χ3v) is 5.48. The number of nitrogens with zero attached hydrogens (tertiary/aromatic N) is 1. The van der Waals surface area contributed by atoms with Gasteiger partial charge in [-0.2, -0.15) is 0 Å². The molecule has 2 heterocycles. The molecule has 1 aromatic rings. The van der Waals surface area contributed by atoms with Crippen LogP contribution in [0.15, 0.2) is 24.3 Å². The number of quaternary nitrogens is 1. The summed E-state index contributed by atoms with van der Waals surface area (Å²) in [6.07, 6.45) is 2.65. The topological polar surface area (TPSA) is 63.1 Å². The minimum Gasteiger partial charge on any atom is -0.482 e. The predicted molar refractivity (Wildman–Crippen MR) is 105 cm³/mol. The molecule has 148 valence electrons. The van der Waals surface area contributed by atoms with E-state index in [1.54, 1.807) is 9.80 Å². The van der Waals surface area contributed by atoms with Gasteiger partial charge in [0.25, 0.3) is 5.91 Å². The standard InChI is InChI=1S/C21H31N3O3/c1-16-12-17(2)14-23(13-16)10-5-9-22-20(25)8-11-24-18-6-3-4-7-19(18)27-15-21(24)26/h3-4,6-7,16-17H,5,8-15H2,1-2H3,(H,22,25)/p+1. The van der Waals surface area contributed by atoms with E-state index in [9.17, 15) is 9.59 Å². The summed E-state index contributed by atoms with van der Waals surface area (Å²) in [5, 5.41) is 3.00. The summed E-state index contributed by atoms with van der Waals surface area (Å²) in [7, 11) is 0. The number of carbonyl (C=O) groups excluding carboxylic acids is 2. The third kappa shape index (κ3) is 5.45. The molecule has 27 heavy (non-hydrogen) atoms. The summed E-state index contributed by atoms with van der Waals surface area (Å²) in [4.78, 5) is 27.6. The largest absolute Gasteiger partial charge is 0.482 e. The van der Waals surface area contributed by atoms with Gasteiger partial charge in [0.1, 0.15) is 5.75 Å². The molecule has 3 rings (SSSR count). The Labute approximate surface area is 161 Å². The highest BCUT2D eigenvalue weighted by Gasteiger charge is 2.26. The summed E-state index contributed by atoms with van der Waals surface area (Å²) in [5.74, 6) is 2.20. The highest BCUT2D eigenvalue weighted by atomic mass is 16.5. The van der Waals surface area contributed by atoms with Crippen molar-refractivity contribution >= 4 is 17.5 Å². The van der Waals surface area contributed by atoms with E-state index < -0.39 is 0 Å². The Morgan fingerprint density at radius 1 is 1.26 bits per heavy atom. The molecule has 0 bridgehead atoms. The molecule has 0 aliphatic carbocycles. The van der Waals surface area contributed by atoms with Crippen LogP contribution in [0.1, 0.15) is 33.1 Å². The minimum atomic E-state index is -0.0987. The zero-order valence-corrected chi connectivity index (χ0v) is 16.5. The predicted octanol–water partition coefficient (Wildman–Crippen LogP) is 0.869. The van der Waals surface area contributed by atoms with E-state index in [0.717, 1.165) is 30.5 Å². The van der Waals surface area contributed by atoms with Crippen LogP contribution in [0.25, 0.3) is 0 Å². The fraction of sp³-hybridized carbons (Fsp3) is 0.619. The molecule has 2 unspecified atom stereocenters. The van der Waals surface area contributed by atoms with Crippen LogP contribution in [0.2, 0.25) is 0 Å². The number of rotatable bonds is 7. The summed E-state index contributed by atoms with van der Waals surface area (Å²) in [6, 6.07) is 7.46. The quantitative estimate of drug-likeness (QED) is 0.696. The van der Waals surface area contributed by atoms with Gasteiger partial charge in [0, 0.05) is 37.8 Å². The van der Waals surface area contributed by atoms with Gasteiger partial charge >= 0.3 is 0 Å². The van der Waals surface area contributed by atoms with Crippen molar-refractivity contribution < 1.29 is 19.2 Å². The smallest absolute Gasteiger partial charge is 0.265 e. The van der Waals surface area contributed by atoms with Crippen LogP contribution in [-0.2, 0) is 9.59 Å². The summed E-state index contributed by atoms with van der Waals surface area (Å²) < 4.78 is 5.43. The van der Waals surface area contributed by atoms with Gasteiger partial charge in [-0.1, -0.05) is 26.0 Å². The van der Waals surface area contributed by atoms with Crippen LogP contribution >= 0.6 is 0 Å². The van der Waals surface area contributed by atoms with Crippen LogP contribution in [-0.4, -0.2) is 51.1 Å². The van der Waals surface area contributed by atoms with Gasteiger partial charge in [0.2, 0.25) is 5.91 Å². The lowest BCUT2D eigenvalue weighted by atomic mass is 9.92. The van der Waals surface area contributed by atoms with Crippen molar-refractivity contribution in [3.05, 3.63) is 24.3 Å². The Morgan fingerprint density at radius 3 is 2.78 bits per heavy atom. The maximum absolute atomic E-state index is 12.2. The number of fused-ring (bicyclic) bond motifs is 1. The summed E-state index contributed by atoms with van der Waals surface area (Å²) in [6.45, 7) is 9.41. The summed E-state index contributed by atoms with van der Waals surface area (Å²) in [5.41, 5.74) is 0.749. The van der Waals surface area contributed by atoms with Crippen molar-refractivity contribution in [3.8, 4) is 5.75 Å². The Kier molecular flexibility index (Phi) is 6.72. The zero-order valence-electron chi connectivity index (χ0n) is 16.5. The first-order valence-electron chi connectivity index (χ1n) is 10.2. The minimum absolute atomic E-state index is 0.00199. The van der Waals surface area contributed by atoms with Crippen molar-refractivity contribution in [2.75, 3.05) is 44.2 Å². The number of benzene rings is 1. The molecule has 6 heteroatoms. The first-order valence-corrected chi connectivity index (χ1v) is 10.2. The molecule has 0 radical (unpaired) electrons. The zero-order chi connectivity index (χ0) is 19.2. The normalized spacial score (nSPS) is 24.9. The number of piperidine rings is 1. The van der Waals surface area contributed by atoms with Crippen LogP contribution in [0, 0.1) is 11.8 Å². The fourth-order valence-corrected chi connectivity index (χ4v) is 4.39. The molecule has 2 aliphatic heterocycles. The van der Waals surface area contributed by atoms with E-state index in [2.05, 4.69) is 19.2 Å². The molecule has 2 aliphatic rings. The number of ether oxygens (including phenoxy) is 1. The van der Waals surface area contributed by atoms with E-state index in [-0.39, 0.29) is 18.4 Å². The number of nitrogens with one attached hydrogen (secondary N) is 2. The van der Waals surface area contributed by atoms with E-state index in [4.69, 9.17) is 4.74 Å².